The van der Waals surface area contributed by atoms with E-state index in [1.165, 1.54) is 12.1 Å². The normalized spacial score (nSPS) is 24.0. The number of allylic oxidation sites excluding steroid dienone is 4. The monoisotopic (exact) mass is 398 g/mol. The van der Waals surface area contributed by atoms with Crippen LogP contribution in [0.5, 0.6) is 0 Å². The minimum atomic E-state index is -0.954. The van der Waals surface area contributed by atoms with Crippen molar-refractivity contribution in [1.82, 2.24) is 9.97 Å². The molecule has 0 bridgehead atoms. The Balaban J connectivity index is 1.58. The summed E-state index contributed by atoms with van der Waals surface area (Å²) in [4.78, 5) is 29.5. The molecule has 4 rings (SSSR count). The quantitative estimate of drug-likeness (QED) is 0.805. The molecular weight excluding hydrogens is 374 g/mol. The topological polar surface area (TPSA) is 65.7 Å². The first-order valence-electron chi connectivity index (χ1n) is 10.1. The fourth-order valence-corrected chi connectivity index (χ4v) is 4.71. The van der Waals surface area contributed by atoms with Crippen molar-refractivity contribution in [3.63, 3.8) is 0 Å². The maximum absolute atomic E-state index is 14.2. The van der Waals surface area contributed by atoms with Gasteiger partial charge in [-0.05, 0) is 61.5 Å². The Morgan fingerprint density at radius 3 is 2.52 bits per heavy atom. The summed E-state index contributed by atoms with van der Waals surface area (Å²) in [6.45, 7) is 0. The molecule has 0 radical (unpaired) electrons. The third kappa shape index (κ3) is 4.16. The van der Waals surface area contributed by atoms with E-state index in [1.807, 2.05) is 0 Å². The smallest absolute Gasteiger partial charge is 0.311 e. The fourth-order valence-electron chi connectivity index (χ4n) is 4.71. The lowest BCUT2D eigenvalue weighted by molar-refractivity contribution is 0.262. The lowest BCUT2D eigenvalue weighted by Gasteiger charge is -2.33. The first-order valence-corrected chi connectivity index (χ1v) is 10.1. The molecule has 152 valence electrons. The fraction of sp³-hybridized carbons (Fsp3) is 0.391. The molecule has 29 heavy (non-hydrogen) atoms. The molecule has 1 fully saturated rings. The molecule has 6 heteroatoms. The maximum Gasteiger partial charge on any atom is 0.325 e. The summed E-state index contributed by atoms with van der Waals surface area (Å²) in [5, 5.41) is 0. The van der Waals surface area contributed by atoms with Gasteiger partial charge in [-0.1, -0.05) is 36.4 Å². The van der Waals surface area contributed by atoms with Crippen LogP contribution in [-0.4, -0.2) is 9.97 Å². The Kier molecular flexibility index (Phi) is 5.60. The number of aromatic amines is 2. The van der Waals surface area contributed by atoms with Gasteiger partial charge in [0.05, 0.1) is 0 Å². The molecule has 4 nitrogen and oxygen atoms in total. The molecule has 2 aliphatic rings. The molecule has 2 aliphatic carbocycles. The number of benzene rings is 1. The van der Waals surface area contributed by atoms with Crippen molar-refractivity contribution in [1.29, 1.82) is 0 Å². The van der Waals surface area contributed by atoms with Crippen LogP contribution in [0.2, 0.25) is 0 Å². The van der Waals surface area contributed by atoms with Crippen LogP contribution in [-0.2, 0) is 6.42 Å². The van der Waals surface area contributed by atoms with E-state index in [2.05, 4.69) is 34.3 Å². The molecule has 0 spiro atoms. The van der Waals surface area contributed by atoms with Gasteiger partial charge in [-0.15, -0.1) is 0 Å². The van der Waals surface area contributed by atoms with Gasteiger partial charge in [0.1, 0.15) is 0 Å². The number of hydrogen-bond donors (Lipinski definition) is 2. The van der Waals surface area contributed by atoms with Crippen molar-refractivity contribution in [3.8, 4) is 0 Å². The average molecular weight is 398 g/mol. The Morgan fingerprint density at radius 1 is 1.00 bits per heavy atom. The van der Waals surface area contributed by atoms with E-state index in [0.717, 1.165) is 38.2 Å². The Morgan fingerprint density at radius 2 is 1.79 bits per heavy atom. The molecule has 2 N–H and O–H groups in total. The number of hydrogen-bond acceptors (Lipinski definition) is 2. The predicted molar refractivity (Wildman–Crippen MR) is 108 cm³/mol. The summed E-state index contributed by atoms with van der Waals surface area (Å²) in [7, 11) is 0. The molecule has 1 aromatic heterocycles. The second kappa shape index (κ2) is 8.31. The van der Waals surface area contributed by atoms with E-state index >= 15 is 0 Å². The van der Waals surface area contributed by atoms with Crippen LogP contribution in [0.4, 0.5) is 8.78 Å². The van der Waals surface area contributed by atoms with Crippen LogP contribution in [0, 0.1) is 23.5 Å². The highest BCUT2D eigenvalue weighted by Gasteiger charge is 2.29. The molecule has 1 unspecified atom stereocenters. The number of H-pyrrole nitrogens is 2. The Bertz CT molecular complexity index is 1060. The highest BCUT2D eigenvalue weighted by atomic mass is 19.2. The number of halogens is 2. The van der Waals surface area contributed by atoms with Crippen LogP contribution in [0.25, 0.3) is 0 Å². The van der Waals surface area contributed by atoms with E-state index in [1.54, 1.807) is 0 Å². The van der Waals surface area contributed by atoms with Crippen molar-refractivity contribution < 1.29 is 8.78 Å². The summed E-state index contributed by atoms with van der Waals surface area (Å²) in [6.07, 6.45) is 13.4. The molecule has 1 heterocycles. The molecule has 1 aromatic carbocycles. The minimum absolute atomic E-state index is 0.0379. The van der Waals surface area contributed by atoms with Crippen LogP contribution in [0.15, 0.2) is 52.1 Å². The van der Waals surface area contributed by atoms with Gasteiger partial charge < -0.3 is 4.98 Å². The molecule has 1 atom stereocenters. The Labute approximate surface area is 167 Å². The highest BCUT2D eigenvalue weighted by molar-refractivity contribution is 5.30. The third-order valence-electron chi connectivity index (χ3n) is 6.27. The first-order chi connectivity index (χ1) is 14.0. The zero-order valence-electron chi connectivity index (χ0n) is 16.1. The lowest BCUT2D eigenvalue weighted by atomic mass is 9.72. The van der Waals surface area contributed by atoms with E-state index in [-0.39, 0.29) is 17.9 Å². The van der Waals surface area contributed by atoms with E-state index in [0.29, 0.717) is 23.1 Å². The van der Waals surface area contributed by atoms with Gasteiger partial charge in [0.15, 0.2) is 11.6 Å². The van der Waals surface area contributed by atoms with Gasteiger partial charge in [0, 0.05) is 17.7 Å². The standard InChI is InChI=1S/C23H24F2N2O2/c24-19-8-4-7-17(20(19)25)13-18-21(26-23(29)27-22(18)28)16-11-9-15(10-12-16)14-5-2-1-3-6-14/h1-5,7-8,14-16H,6,9-13H2,(H2,26,27,28,29). The molecule has 0 aliphatic heterocycles. The van der Waals surface area contributed by atoms with E-state index < -0.39 is 22.9 Å². The molecule has 0 amide bonds. The largest absolute Gasteiger partial charge is 0.325 e. The lowest BCUT2D eigenvalue weighted by Crippen LogP contribution is -2.31. The summed E-state index contributed by atoms with van der Waals surface area (Å²) in [6, 6.07) is 3.93. The summed E-state index contributed by atoms with van der Waals surface area (Å²) < 4.78 is 27.8. The van der Waals surface area contributed by atoms with Crippen LogP contribution >= 0.6 is 0 Å². The van der Waals surface area contributed by atoms with Crippen molar-refractivity contribution in [2.75, 3.05) is 0 Å². The highest BCUT2D eigenvalue weighted by Crippen LogP contribution is 2.40. The third-order valence-corrected chi connectivity index (χ3v) is 6.27. The molecular formula is C23H24F2N2O2. The van der Waals surface area contributed by atoms with Crippen molar-refractivity contribution in [2.24, 2.45) is 11.8 Å². The summed E-state index contributed by atoms with van der Waals surface area (Å²) in [5.41, 5.74) is -0.0968. The second-order valence-electron chi connectivity index (χ2n) is 8.01. The van der Waals surface area contributed by atoms with Gasteiger partial charge in [-0.25, -0.2) is 13.6 Å². The van der Waals surface area contributed by atoms with E-state index in [4.69, 9.17) is 0 Å². The van der Waals surface area contributed by atoms with Crippen LogP contribution < -0.4 is 11.2 Å². The van der Waals surface area contributed by atoms with Gasteiger partial charge in [0.2, 0.25) is 0 Å². The van der Waals surface area contributed by atoms with E-state index in [9.17, 15) is 18.4 Å². The molecule has 2 aromatic rings. The van der Waals surface area contributed by atoms with Crippen LogP contribution in [0.3, 0.4) is 0 Å². The van der Waals surface area contributed by atoms with Gasteiger partial charge >= 0.3 is 5.69 Å². The van der Waals surface area contributed by atoms with Crippen molar-refractivity contribution >= 4 is 0 Å². The van der Waals surface area contributed by atoms with Crippen molar-refractivity contribution in [2.45, 2.75) is 44.4 Å². The zero-order chi connectivity index (χ0) is 20.4. The number of rotatable bonds is 4. The van der Waals surface area contributed by atoms with Crippen LogP contribution in [0.1, 0.15) is 54.8 Å². The first kappa shape index (κ1) is 19.6. The van der Waals surface area contributed by atoms with Crippen molar-refractivity contribution in [3.05, 3.63) is 91.8 Å². The molecule has 0 saturated heterocycles. The summed E-state index contributed by atoms with van der Waals surface area (Å²) >= 11 is 0. The SMILES string of the molecule is O=c1[nH]c(C2CCC(C3C=CC=CC3)CC2)c(Cc2cccc(F)c2F)c(=O)[nH]1. The minimum Gasteiger partial charge on any atom is -0.311 e. The van der Waals surface area contributed by atoms with Gasteiger partial charge in [0.25, 0.3) is 5.56 Å². The number of aromatic nitrogens is 2. The molecule has 1 saturated carbocycles. The maximum atomic E-state index is 14.2. The van der Waals surface area contributed by atoms with Gasteiger partial charge in [-0.2, -0.15) is 0 Å². The zero-order valence-corrected chi connectivity index (χ0v) is 16.1. The Hall–Kier alpha value is -2.76. The second-order valence-corrected chi connectivity index (χ2v) is 8.01. The van der Waals surface area contributed by atoms with Gasteiger partial charge in [-0.3, -0.25) is 9.78 Å². The average Bonchev–Trinajstić information content (AvgIpc) is 2.73. The predicted octanol–water partition coefficient (Wildman–Crippen LogP) is 4.34. The summed E-state index contributed by atoms with van der Waals surface area (Å²) in [5.74, 6) is -0.730. The number of nitrogens with one attached hydrogen (secondary N) is 2.